The summed E-state index contributed by atoms with van der Waals surface area (Å²) < 4.78 is 79.3. The average molecular weight is 757 g/mol. The number of rotatable bonds is 30. The molecule has 12 nitrogen and oxygen atoms in total. The Morgan fingerprint density at radius 2 is 0.820 bits per heavy atom. The fraction of sp³-hybridized carbons (Fsp3) is 0.765. The van der Waals surface area contributed by atoms with E-state index in [1.807, 2.05) is 33.8 Å². The topological polar surface area (TPSA) is 111 Å². The second kappa shape index (κ2) is 23.4. The first-order valence-electron chi connectivity index (χ1n) is 16.9. The molecule has 3 rings (SSSR count). The Balaban J connectivity index is 1.61. The van der Waals surface area contributed by atoms with Gasteiger partial charge in [0.1, 0.15) is 13.2 Å². The van der Waals surface area contributed by atoms with E-state index in [-0.39, 0.29) is 57.0 Å². The van der Waals surface area contributed by atoms with Crippen molar-refractivity contribution in [2.75, 3.05) is 120 Å². The summed E-state index contributed by atoms with van der Waals surface area (Å²) in [7, 11) is 2.87. The maximum Gasteiger partial charge on any atom is 0.332 e. The molecule has 0 aromatic carbocycles. The quantitative estimate of drug-likeness (QED) is 0.0388. The number of hydrogen-bond donors (Lipinski definition) is 0. The molecule has 0 bridgehead atoms. The van der Waals surface area contributed by atoms with Gasteiger partial charge in [-0.2, -0.15) is 8.78 Å². The van der Waals surface area contributed by atoms with Crippen molar-refractivity contribution in [1.29, 1.82) is 0 Å². The van der Waals surface area contributed by atoms with Crippen LogP contribution in [0.2, 0.25) is 0 Å². The fourth-order valence-corrected chi connectivity index (χ4v) is 7.41. The van der Waals surface area contributed by atoms with Gasteiger partial charge in [-0.1, -0.05) is 27.7 Å². The third-order valence-electron chi connectivity index (χ3n) is 7.36. The molecule has 0 fully saturated rings. The molecule has 0 spiro atoms. The van der Waals surface area contributed by atoms with Crippen LogP contribution in [-0.2, 0) is 69.2 Å². The van der Waals surface area contributed by atoms with Crippen LogP contribution < -0.4 is 0 Å². The van der Waals surface area contributed by atoms with Gasteiger partial charge in [-0.15, -0.1) is 22.7 Å². The number of halogens is 2. The maximum atomic E-state index is 17.0. The van der Waals surface area contributed by atoms with Crippen molar-refractivity contribution in [2.45, 2.75) is 51.2 Å². The van der Waals surface area contributed by atoms with Crippen LogP contribution in [0.3, 0.4) is 0 Å². The molecule has 1 aliphatic carbocycles. The normalized spacial score (nSPS) is 14.9. The zero-order chi connectivity index (χ0) is 36.2. The Bertz CT molecular complexity index is 1160. The summed E-state index contributed by atoms with van der Waals surface area (Å²) in [4.78, 5) is 21.6. The van der Waals surface area contributed by atoms with E-state index in [0.29, 0.717) is 76.5 Å². The van der Waals surface area contributed by atoms with Gasteiger partial charge in [0.15, 0.2) is 0 Å². The molecular weight excluding hydrogens is 702 g/mol. The van der Waals surface area contributed by atoms with Crippen LogP contribution in [0.1, 0.15) is 60.4 Å². The Labute approximate surface area is 302 Å². The Hall–Kier alpha value is -1.22. The van der Waals surface area contributed by atoms with E-state index < -0.39 is 11.7 Å². The lowest BCUT2D eigenvalue weighted by Gasteiger charge is -2.42. The van der Waals surface area contributed by atoms with Crippen LogP contribution in [0.4, 0.5) is 8.78 Å². The highest BCUT2D eigenvalue weighted by atomic mass is 32.1. The fourth-order valence-electron chi connectivity index (χ4n) is 4.85. The molecule has 0 radical (unpaired) electrons. The zero-order valence-electron chi connectivity index (χ0n) is 30.1. The van der Waals surface area contributed by atoms with Crippen molar-refractivity contribution < 1.29 is 66.2 Å². The van der Waals surface area contributed by atoms with Gasteiger partial charge >= 0.3 is 5.92 Å². The summed E-state index contributed by atoms with van der Waals surface area (Å²) >= 11 is 2.92. The lowest BCUT2D eigenvalue weighted by Crippen LogP contribution is -2.50. The third-order valence-corrected chi connectivity index (χ3v) is 10.4. The Kier molecular flexibility index (Phi) is 20.3. The van der Waals surface area contributed by atoms with Crippen molar-refractivity contribution in [3.63, 3.8) is 0 Å². The number of thiophene rings is 2. The summed E-state index contributed by atoms with van der Waals surface area (Å²) in [6.45, 7) is 12.1. The molecular formula is C34H54F2O12S2. The zero-order valence-corrected chi connectivity index (χ0v) is 31.7. The van der Waals surface area contributed by atoms with Gasteiger partial charge in [0.25, 0.3) is 5.79 Å². The number of ether oxygens (including phenoxy) is 8. The standard InChI is InChI=1S/C34H54F2O12S2/c1-25(2)29-23-27-31(49-29)32-28(24-30(50-32)26(3)4)34(33(27,35)36,45-19-15-41-11-7-39-9-13-43-17-21-47-37-5)46-20-16-42-12-8-40-10-14-44-18-22-48-38-6/h23-26H,7-22H2,1-6H3. The number of hydrogen-bond acceptors (Lipinski definition) is 14. The largest absolute Gasteiger partial charge is 0.377 e. The van der Waals surface area contributed by atoms with Crippen LogP contribution in [0, 0.1) is 0 Å². The number of alkyl halides is 2. The average Bonchev–Trinajstić information content (AvgIpc) is 3.75. The highest BCUT2D eigenvalue weighted by molar-refractivity contribution is 7.22. The predicted molar refractivity (Wildman–Crippen MR) is 184 cm³/mol. The van der Waals surface area contributed by atoms with Crippen molar-refractivity contribution >= 4 is 22.7 Å². The van der Waals surface area contributed by atoms with E-state index in [1.165, 1.54) is 36.9 Å². The van der Waals surface area contributed by atoms with Crippen LogP contribution >= 0.6 is 22.7 Å². The van der Waals surface area contributed by atoms with Gasteiger partial charge in [-0.25, -0.2) is 19.6 Å². The number of fused-ring (bicyclic) bond motifs is 3. The van der Waals surface area contributed by atoms with Crippen molar-refractivity contribution in [2.24, 2.45) is 0 Å². The first-order valence-corrected chi connectivity index (χ1v) is 18.5. The highest BCUT2D eigenvalue weighted by Crippen LogP contribution is 2.62. The second-order valence-electron chi connectivity index (χ2n) is 11.6. The van der Waals surface area contributed by atoms with Gasteiger partial charge in [-0.05, 0) is 24.0 Å². The predicted octanol–water partition coefficient (Wildman–Crippen LogP) is 6.27. The monoisotopic (exact) mass is 756 g/mol. The van der Waals surface area contributed by atoms with Crippen LogP contribution in [-0.4, -0.2) is 120 Å². The van der Waals surface area contributed by atoms with Gasteiger partial charge in [-0.3, -0.25) is 0 Å². The molecule has 0 N–H and O–H groups in total. The Morgan fingerprint density at radius 1 is 0.500 bits per heavy atom. The minimum absolute atomic E-state index is 0.0661. The van der Waals surface area contributed by atoms with Gasteiger partial charge in [0.05, 0.1) is 116 Å². The van der Waals surface area contributed by atoms with E-state index in [2.05, 4.69) is 9.78 Å². The van der Waals surface area contributed by atoms with E-state index in [1.54, 1.807) is 6.07 Å². The van der Waals surface area contributed by atoms with Crippen molar-refractivity contribution in [1.82, 2.24) is 0 Å². The first-order chi connectivity index (χ1) is 24.2. The van der Waals surface area contributed by atoms with Gasteiger partial charge < -0.3 is 37.9 Å². The van der Waals surface area contributed by atoms with E-state index in [0.717, 1.165) is 14.6 Å². The van der Waals surface area contributed by atoms with Gasteiger partial charge in [0.2, 0.25) is 0 Å². The van der Waals surface area contributed by atoms with Crippen molar-refractivity contribution in [3.05, 3.63) is 33.0 Å². The van der Waals surface area contributed by atoms with Crippen molar-refractivity contribution in [3.8, 4) is 9.75 Å². The molecule has 2 aromatic rings. The molecule has 0 aliphatic heterocycles. The minimum atomic E-state index is -3.50. The second-order valence-corrected chi connectivity index (χ2v) is 13.8. The van der Waals surface area contributed by atoms with Crippen LogP contribution in [0.25, 0.3) is 9.75 Å². The summed E-state index contributed by atoms with van der Waals surface area (Å²) in [5.74, 6) is -5.65. The van der Waals surface area contributed by atoms with Gasteiger partial charge in [0, 0.05) is 20.9 Å². The first kappa shape index (κ1) is 43.2. The lowest BCUT2D eigenvalue weighted by atomic mass is 9.86. The summed E-state index contributed by atoms with van der Waals surface area (Å²) in [6.07, 6.45) is 0. The summed E-state index contributed by atoms with van der Waals surface area (Å²) in [6, 6.07) is 3.42. The molecule has 2 heterocycles. The van der Waals surface area contributed by atoms with E-state index in [9.17, 15) is 0 Å². The summed E-state index contributed by atoms with van der Waals surface area (Å²) in [5, 5.41) is 0. The SMILES string of the molecule is COOCCOCCOCCOCCOC1(OCCOCCOCCOCCOOC)c2cc(C(C)C)sc2-c2sc(C(C)C)cc2C1(F)F. The molecule has 0 amide bonds. The molecule has 0 saturated carbocycles. The highest BCUT2D eigenvalue weighted by Gasteiger charge is 2.64. The smallest absolute Gasteiger partial charge is 0.332 e. The minimum Gasteiger partial charge on any atom is -0.377 e. The third kappa shape index (κ3) is 12.7. The van der Waals surface area contributed by atoms with E-state index >= 15 is 8.78 Å². The molecule has 0 saturated heterocycles. The lowest BCUT2D eigenvalue weighted by molar-refractivity contribution is -0.359. The molecule has 50 heavy (non-hydrogen) atoms. The van der Waals surface area contributed by atoms with Crippen LogP contribution in [0.15, 0.2) is 12.1 Å². The van der Waals surface area contributed by atoms with E-state index in [4.69, 9.17) is 47.7 Å². The Morgan fingerprint density at radius 3 is 1.18 bits per heavy atom. The maximum absolute atomic E-state index is 17.0. The summed E-state index contributed by atoms with van der Waals surface area (Å²) in [5.41, 5.74) is 0.255. The molecule has 16 heteroatoms. The van der Waals surface area contributed by atoms with Crippen LogP contribution in [0.5, 0.6) is 0 Å². The molecule has 1 aliphatic rings. The molecule has 0 atom stereocenters. The molecule has 288 valence electrons. The molecule has 2 aromatic heterocycles. The molecule has 0 unspecified atom stereocenters.